The topological polar surface area (TPSA) is 123 Å². The second-order valence-electron chi connectivity index (χ2n) is 9.45. The molecule has 5 aromatic rings. The van der Waals surface area contributed by atoms with E-state index in [0.717, 1.165) is 25.8 Å². The van der Waals surface area contributed by atoms with Crippen LogP contribution in [0.25, 0.3) is 10.2 Å². The fraction of sp³-hybridized carbons (Fsp3) is 0.258. The van der Waals surface area contributed by atoms with E-state index in [-0.39, 0.29) is 31.3 Å². The van der Waals surface area contributed by atoms with Gasteiger partial charge in [-0.1, -0.05) is 35.3 Å². The molecular weight excluding hydrogens is 604 g/mol. The molecule has 0 aliphatic heterocycles. The van der Waals surface area contributed by atoms with Crippen LogP contribution in [0.1, 0.15) is 39.8 Å². The number of benzene rings is 2. The Morgan fingerprint density at radius 3 is 2.73 bits per heavy atom. The monoisotopic (exact) mass is 632 g/mol. The Morgan fingerprint density at radius 2 is 1.98 bits per heavy atom. The van der Waals surface area contributed by atoms with Crippen molar-refractivity contribution in [1.82, 2.24) is 20.2 Å². The molecule has 3 heterocycles. The van der Waals surface area contributed by atoms with Gasteiger partial charge >= 0.3 is 5.97 Å². The van der Waals surface area contributed by atoms with E-state index in [0.29, 0.717) is 35.2 Å². The second-order valence-corrected chi connectivity index (χ2v) is 11.5. The molecule has 0 saturated carbocycles. The van der Waals surface area contributed by atoms with Gasteiger partial charge in [-0.3, -0.25) is 0 Å². The van der Waals surface area contributed by atoms with Crippen LogP contribution in [-0.4, -0.2) is 58.1 Å². The predicted octanol–water partition coefficient (Wildman–Crippen LogP) is 6.03. The van der Waals surface area contributed by atoms with Crippen molar-refractivity contribution in [2.75, 3.05) is 37.1 Å². The highest BCUT2D eigenvalue weighted by Gasteiger charge is 2.22. The zero-order chi connectivity index (χ0) is 31.1. The number of nitrogens with zero attached hydrogens (tertiary/aromatic N) is 5. The lowest BCUT2D eigenvalue weighted by Gasteiger charge is -2.15. The summed E-state index contributed by atoms with van der Waals surface area (Å²) < 4.78 is 26.4. The minimum atomic E-state index is -0.540. The average Bonchev–Trinajstić information content (AvgIpc) is 3.64. The van der Waals surface area contributed by atoms with E-state index in [1.807, 2.05) is 44.3 Å². The highest BCUT2D eigenvalue weighted by molar-refractivity contribution is 7.22. The van der Waals surface area contributed by atoms with Gasteiger partial charge in [0.25, 0.3) is 0 Å². The van der Waals surface area contributed by atoms with Crippen molar-refractivity contribution in [3.05, 3.63) is 76.0 Å². The molecule has 0 aliphatic carbocycles. The van der Waals surface area contributed by atoms with E-state index in [4.69, 9.17) is 14.6 Å². The van der Waals surface area contributed by atoms with Crippen molar-refractivity contribution in [2.24, 2.45) is 0 Å². The van der Waals surface area contributed by atoms with Crippen LogP contribution in [0.5, 0.6) is 5.75 Å². The van der Waals surface area contributed by atoms with Gasteiger partial charge in [0.05, 0.1) is 23.4 Å². The molecule has 0 unspecified atom stereocenters. The minimum absolute atomic E-state index is 0.102. The third-order valence-electron chi connectivity index (χ3n) is 6.33. The standard InChI is InChI=1S/C31H29FN6O4S2/c1-4-41-29(40)27-25(12-8-16-42-23-14-13-20(9-7-15-39)18-21(23)32)44-31(34-27)38(3)26-17-19(2)28(37-36-26)35-30-33-22-10-5-6-11-24(22)43-30/h5-6,10-11,13-14,17-18,39H,4,8,12,15-16H2,1-3H3,(H,33,35,37). The third-order valence-corrected chi connectivity index (χ3v) is 8.47. The van der Waals surface area contributed by atoms with Crippen LogP contribution in [0, 0.1) is 24.6 Å². The van der Waals surface area contributed by atoms with E-state index >= 15 is 0 Å². The lowest BCUT2D eigenvalue weighted by molar-refractivity contribution is 0.0519. The average molecular weight is 633 g/mol. The fourth-order valence-corrected chi connectivity index (χ4v) is 6.07. The normalized spacial score (nSPS) is 10.8. The molecule has 44 heavy (non-hydrogen) atoms. The number of halogens is 1. The summed E-state index contributed by atoms with van der Waals surface area (Å²) in [7, 11) is 1.81. The maximum absolute atomic E-state index is 14.4. The van der Waals surface area contributed by atoms with Crippen molar-refractivity contribution in [3.8, 4) is 17.6 Å². The number of thiazole rings is 2. The van der Waals surface area contributed by atoms with Gasteiger partial charge in [0.15, 0.2) is 39.2 Å². The zero-order valence-corrected chi connectivity index (χ0v) is 25.9. The summed E-state index contributed by atoms with van der Waals surface area (Å²) in [5.74, 6) is 5.34. The Morgan fingerprint density at radius 1 is 1.14 bits per heavy atom. The molecule has 2 aromatic carbocycles. The highest BCUT2D eigenvalue weighted by Crippen LogP contribution is 2.33. The van der Waals surface area contributed by atoms with Crippen molar-refractivity contribution in [2.45, 2.75) is 26.7 Å². The van der Waals surface area contributed by atoms with Crippen LogP contribution >= 0.6 is 22.7 Å². The molecule has 226 valence electrons. The molecule has 0 fully saturated rings. The first-order valence-corrected chi connectivity index (χ1v) is 15.4. The molecule has 13 heteroatoms. The molecule has 0 atom stereocenters. The molecule has 5 rings (SSSR count). The van der Waals surface area contributed by atoms with Crippen molar-refractivity contribution >= 4 is 60.8 Å². The number of nitrogens with one attached hydrogen (secondary N) is 1. The zero-order valence-electron chi connectivity index (χ0n) is 24.3. The quantitative estimate of drug-likeness (QED) is 0.101. The smallest absolute Gasteiger partial charge is 0.358 e. The van der Waals surface area contributed by atoms with E-state index in [1.54, 1.807) is 17.9 Å². The van der Waals surface area contributed by atoms with Crippen molar-refractivity contribution in [3.63, 3.8) is 0 Å². The third kappa shape index (κ3) is 7.28. The van der Waals surface area contributed by atoms with Crippen molar-refractivity contribution in [1.29, 1.82) is 0 Å². The number of aliphatic hydroxyl groups excluding tert-OH is 1. The summed E-state index contributed by atoms with van der Waals surface area (Å²) in [6.07, 6.45) is 0.978. The van der Waals surface area contributed by atoms with Crippen molar-refractivity contribution < 1.29 is 23.8 Å². The number of aliphatic hydroxyl groups is 1. The van der Waals surface area contributed by atoms with Gasteiger partial charge < -0.3 is 24.8 Å². The van der Waals surface area contributed by atoms with Crippen LogP contribution in [0.15, 0.2) is 48.5 Å². The summed E-state index contributed by atoms with van der Waals surface area (Å²) in [4.78, 5) is 24.4. The fourth-order valence-electron chi connectivity index (χ4n) is 4.15. The summed E-state index contributed by atoms with van der Waals surface area (Å²) in [6, 6.07) is 14.2. The number of aromatic nitrogens is 4. The number of hydrogen-bond donors (Lipinski definition) is 2. The molecule has 0 radical (unpaired) electrons. The van der Waals surface area contributed by atoms with Gasteiger partial charge in [-0.05, 0) is 68.7 Å². The Hall–Kier alpha value is -4.64. The molecule has 2 N–H and O–H groups in total. The predicted molar refractivity (Wildman–Crippen MR) is 170 cm³/mol. The maximum Gasteiger partial charge on any atom is 0.358 e. The lowest BCUT2D eigenvalue weighted by Crippen LogP contribution is -2.14. The van der Waals surface area contributed by atoms with Gasteiger partial charge in [-0.25, -0.2) is 19.2 Å². The number of carbonyl (C=O) groups excluding carboxylic acids is 1. The van der Waals surface area contributed by atoms with E-state index in [9.17, 15) is 9.18 Å². The molecule has 0 spiro atoms. The molecule has 10 nitrogen and oxygen atoms in total. The number of para-hydroxylation sites is 1. The summed E-state index contributed by atoms with van der Waals surface area (Å²) >= 11 is 2.88. The van der Waals surface area contributed by atoms with Crippen LogP contribution in [0.3, 0.4) is 0 Å². The maximum atomic E-state index is 14.4. The van der Waals surface area contributed by atoms with Crippen LogP contribution in [0.2, 0.25) is 0 Å². The lowest BCUT2D eigenvalue weighted by atomic mass is 10.2. The SMILES string of the molecule is CCOC(=O)c1nc(N(C)c2cc(C)c(Nc3nc4ccccc4s3)nn2)sc1CCCOc1ccc(C#CCO)cc1F. The van der Waals surface area contributed by atoms with Crippen LogP contribution < -0.4 is 15.0 Å². The Kier molecular flexibility index (Phi) is 9.96. The molecule has 0 aliphatic rings. The first-order valence-electron chi connectivity index (χ1n) is 13.8. The number of ether oxygens (including phenoxy) is 2. The highest BCUT2D eigenvalue weighted by atomic mass is 32.1. The number of rotatable bonds is 11. The first-order chi connectivity index (χ1) is 21.4. The van der Waals surface area contributed by atoms with Gasteiger partial charge in [0.2, 0.25) is 0 Å². The van der Waals surface area contributed by atoms with E-state index < -0.39 is 11.8 Å². The number of hydrogen-bond acceptors (Lipinski definition) is 12. The van der Waals surface area contributed by atoms with Gasteiger partial charge in [0, 0.05) is 17.5 Å². The van der Waals surface area contributed by atoms with E-state index in [2.05, 4.69) is 37.3 Å². The number of carbonyl (C=O) groups is 1. The van der Waals surface area contributed by atoms with Crippen LogP contribution in [-0.2, 0) is 11.2 Å². The number of esters is 1. The molecule has 3 aromatic heterocycles. The molecule has 0 bridgehead atoms. The number of anilines is 4. The summed E-state index contributed by atoms with van der Waals surface area (Å²) in [6.45, 7) is 3.80. The summed E-state index contributed by atoms with van der Waals surface area (Å²) in [5, 5.41) is 22.1. The van der Waals surface area contributed by atoms with E-state index in [1.165, 1.54) is 34.8 Å². The molecule has 0 amide bonds. The van der Waals surface area contributed by atoms with Gasteiger partial charge in [0.1, 0.15) is 6.61 Å². The number of fused-ring (bicyclic) bond motifs is 1. The summed E-state index contributed by atoms with van der Waals surface area (Å²) in [5.41, 5.74) is 2.46. The van der Waals surface area contributed by atoms with Gasteiger partial charge in [-0.15, -0.1) is 21.5 Å². The first kappa shape index (κ1) is 30.8. The minimum Gasteiger partial charge on any atom is -0.491 e. The Balaban J connectivity index is 1.26. The Bertz CT molecular complexity index is 1820. The molecule has 0 saturated heterocycles. The second kappa shape index (κ2) is 14.2. The van der Waals surface area contributed by atoms with Gasteiger partial charge in [-0.2, -0.15) is 0 Å². The molecular formula is C31H29FN6O4S2. The van der Waals surface area contributed by atoms with Crippen LogP contribution in [0.4, 0.5) is 26.3 Å². The number of aryl methyl sites for hydroxylation is 2. The Labute approximate surface area is 261 Å². The largest absolute Gasteiger partial charge is 0.491 e.